The molecule has 2 heteroatoms. The van der Waals surface area contributed by atoms with Crippen LogP contribution in [-0.4, -0.2) is 19.1 Å². The molecule has 0 spiro atoms. The van der Waals surface area contributed by atoms with E-state index in [-0.39, 0.29) is 0 Å². The Kier molecular flexibility index (Phi) is 5.30. The molecule has 2 nitrogen and oxygen atoms in total. The summed E-state index contributed by atoms with van der Waals surface area (Å²) < 4.78 is 0. The number of nitrogens with zero attached hydrogens (tertiary/aromatic N) is 2. The fourth-order valence-corrected chi connectivity index (χ4v) is 2.05. The van der Waals surface area contributed by atoms with E-state index in [0.29, 0.717) is 5.92 Å². The summed E-state index contributed by atoms with van der Waals surface area (Å²) in [6.07, 6.45) is 4.96. The highest BCUT2D eigenvalue weighted by molar-refractivity contribution is 5.37. The first-order valence-electron chi connectivity index (χ1n) is 6.33. The maximum Gasteiger partial charge on any atom is 0.128 e. The lowest BCUT2D eigenvalue weighted by atomic mass is 9.94. The van der Waals surface area contributed by atoms with E-state index in [4.69, 9.17) is 4.98 Å². The molecule has 90 valence electrons. The predicted molar refractivity (Wildman–Crippen MR) is 71.1 cm³/mol. The van der Waals surface area contributed by atoms with Crippen LogP contribution in [0.25, 0.3) is 0 Å². The smallest absolute Gasteiger partial charge is 0.128 e. The molecule has 0 aliphatic heterocycles. The maximum atomic E-state index is 4.74. The molecule has 0 amide bonds. The number of hydrogen-bond donors (Lipinski definition) is 0. The van der Waals surface area contributed by atoms with Gasteiger partial charge in [-0.05, 0) is 25.0 Å². The highest BCUT2D eigenvalue weighted by Gasteiger charge is 2.11. The second-order valence-electron chi connectivity index (χ2n) is 4.59. The highest BCUT2D eigenvalue weighted by Crippen LogP contribution is 2.25. The fourth-order valence-electron chi connectivity index (χ4n) is 2.05. The molecule has 0 saturated heterocycles. The minimum absolute atomic E-state index is 0.634. The third-order valence-corrected chi connectivity index (χ3v) is 2.91. The molecule has 1 aromatic heterocycles. The van der Waals surface area contributed by atoms with Gasteiger partial charge in [-0.3, -0.25) is 0 Å². The Balaban J connectivity index is 2.86. The average Bonchev–Trinajstić information content (AvgIpc) is 2.29. The molecule has 1 heterocycles. The van der Waals surface area contributed by atoms with Crippen molar-refractivity contribution in [3.8, 4) is 0 Å². The van der Waals surface area contributed by atoms with Crippen molar-refractivity contribution in [2.24, 2.45) is 0 Å². The molecule has 0 atom stereocenters. The third kappa shape index (κ3) is 3.51. The molecule has 1 aromatic rings. The topological polar surface area (TPSA) is 16.1 Å². The summed E-state index contributed by atoms with van der Waals surface area (Å²) in [5, 5.41) is 0. The van der Waals surface area contributed by atoms with Gasteiger partial charge in [-0.2, -0.15) is 0 Å². The first-order valence-corrected chi connectivity index (χ1v) is 6.33. The van der Waals surface area contributed by atoms with Gasteiger partial charge in [0.2, 0.25) is 0 Å². The largest absolute Gasteiger partial charge is 0.363 e. The van der Waals surface area contributed by atoms with E-state index in [1.807, 2.05) is 14.1 Å². The van der Waals surface area contributed by atoms with Crippen molar-refractivity contribution in [2.45, 2.75) is 45.4 Å². The van der Waals surface area contributed by atoms with Gasteiger partial charge in [0.15, 0.2) is 0 Å². The number of aromatic nitrogens is 1. The lowest BCUT2D eigenvalue weighted by Gasteiger charge is -2.18. The molecule has 0 N–H and O–H groups in total. The Bertz CT molecular complexity index is 301. The molecule has 0 aliphatic carbocycles. The summed E-state index contributed by atoms with van der Waals surface area (Å²) >= 11 is 0. The molecular formula is C14H24N2. The molecule has 0 aliphatic rings. The summed E-state index contributed by atoms with van der Waals surface area (Å²) in [7, 11) is 4.08. The van der Waals surface area contributed by atoms with Gasteiger partial charge in [-0.15, -0.1) is 0 Å². The average molecular weight is 220 g/mol. The Morgan fingerprint density at radius 1 is 1.12 bits per heavy atom. The van der Waals surface area contributed by atoms with E-state index < -0.39 is 0 Å². The van der Waals surface area contributed by atoms with Crippen molar-refractivity contribution < 1.29 is 0 Å². The SMILES string of the molecule is CCCC(CCC)c1cccc(N(C)C)n1. The first kappa shape index (κ1) is 13.0. The predicted octanol–water partition coefficient (Wildman–Crippen LogP) is 3.83. The van der Waals surface area contributed by atoms with Crippen molar-refractivity contribution in [1.82, 2.24) is 4.98 Å². The summed E-state index contributed by atoms with van der Waals surface area (Å²) in [5.41, 5.74) is 1.26. The van der Waals surface area contributed by atoms with Crippen LogP contribution in [0.3, 0.4) is 0 Å². The maximum absolute atomic E-state index is 4.74. The van der Waals surface area contributed by atoms with Gasteiger partial charge in [-0.1, -0.05) is 32.8 Å². The van der Waals surface area contributed by atoms with Crippen LogP contribution in [-0.2, 0) is 0 Å². The lowest BCUT2D eigenvalue weighted by molar-refractivity contribution is 0.548. The van der Waals surface area contributed by atoms with Gasteiger partial charge in [-0.25, -0.2) is 4.98 Å². The van der Waals surface area contributed by atoms with Crippen LogP contribution in [0.4, 0.5) is 5.82 Å². The molecule has 0 bridgehead atoms. The van der Waals surface area contributed by atoms with Crippen molar-refractivity contribution in [3.05, 3.63) is 23.9 Å². The van der Waals surface area contributed by atoms with Crippen LogP contribution in [0.1, 0.15) is 51.1 Å². The number of anilines is 1. The zero-order valence-corrected chi connectivity index (χ0v) is 11.0. The zero-order valence-electron chi connectivity index (χ0n) is 11.0. The molecule has 0 saturated carbocycles. The number of hydrogen-bond acceptors (Lipinski definition) is 2. The summed E-state index contributed by atoms with van der Waals surface area (Å²) in [6, 6.07) is 6.36. The second kappa shape index (κ2) is 6.51. The Morgan fingerprint density at radius 3 is 2.25 bits per heavy atom. The third-order valence-electron chi connectivity index (χ3n) is 2.91. The van der Waals surface area contributed by atoms with Crippen molar-refractivity contribution >= 4 is 5.82 Å². The quantitative estimate of drug-likeness (QED) is 0.724. The van der Waals surface area contributed by atoms with E-state index in [9.17, 15) is 0 Å². The van der Waals surface area contributed by atoms with Crippen LogP contribution in [0.15, 0.2) is 18.2 Å². The summed E-state index contributed by atoms with van der Waals surface area (Å²) in [6.45, 7) is 4.50. The zero-order chi connectivity index (χ0) is 12.0. The molecule has 0 aromatic carbocycles. The van der Waals surface area contributed by atoms with E-state index in [1.165, 1.54) is 31.4 Å². The first-order chi connectivity index (χ1) is 7.69. The van der Waals surface area contributed by atoms with Gasteiger partial charge >= 0.3 is 0 Å². The monoisotopic (exact) mass is 220 g/mol. The normalized spacial score (nSPS) is 10.8. The van der Waals surface area contributed by atoms with Crippen LogP contribution >= 0.6 is 0 Å². The Labute approximate surface area is 99.7 Å². The van der Waals surface area contributed by atoms with Gasteiger partial charge in [0.1, 0.15) is 5.82 Å². The van der Waals surface area contributed by atoms with Crippen LogP contribution < -0.4 is 4.90 Å². The van der Waals surface area contributed by atoms with Crippen LogP contribution in [0.5, 0.6) is 0 Å². The minimum atomic E-state index is 0.634. The van der Waals surface area contributed by atoms with E-state index in [0.717, 1.165) is 5.82 Å². The summed E-state index contributed by atoms with van der Waals surface area (Å²) in [5.74, 6) is 1.70. The lowest BCUT2D eigenvalue weighted by Crippen LogP contribution is -2.12. The van der Waals surface area contributed by atoms with Gasteiger partial charge in [0.25, 0.3) is 0 Å². The van der Waals surface area contributed by atoms with Crippen molar-refractivity contribution in [3.63, 3.8) is 0 Å². The number of rotatable bonds is 6. The van der Waals surface area contributed by atoms with E-state index in [1.54, 1.807) is 0 Å². The van der Waals surface area contributed by atoms with Gasteiger partial charge in [0, 0.05) is 25.7 Å². The molecule has 0 radical (unpaired) electrons. The van der Waals surface area contributed by atoms with Crippen molar-refractivity contribution in [2.75, 3.05) is 19.0 Å². The van der Waals surface area contributed by atoms with Gasteiger partial charge in [0.05, 0.1) is 0 Å². The fraction of sp³-hybridized carbons (Fsp3) is 0.643. The van der Waals surface area contributed by atoms with Crippen molar-refractivity contribution in [1.29, 1.82) is 0 Å². The molecule has 0 fully saturated rings. The summed E-state index contributed by atoms with van der Waals surface area (Å²) in [4.78, 5) is 6.80. The van der Waals surface area contributed by atoms with E-state index in [2.05, 4.69) is 36.9 Å². The highest BCUT2D eigenvalue weighted by atomic mass is 15.1. The molecule has 0 unspecified atom stereocenters. The van der Waals surface area contributed by atoms with Crippen LogP contribution in [0, 0.1) is 0 Å². The van der Waals surface area contributed by atoms with E-state index >= 15 is 0 Å². The number of pyridine rings is 1. The van der Waals surface area contributed by atoms with Crippen LogP contribution in [0.2, 0.25) is 0 Å². The molecule has 16 heavy (non-hydrogen) atoms. The Hall–Kier alpha value is -1.05. The molecular weight excluding hydrogens is 196 g/mol. The standard InChI is InChI=1S/C14H24N2/c1-5-8-12(9-6-2)13-10-7-11-14(15-13)16(3)4/h7,10-12H,5-6,8-9H2,1-4H3. The minimum Gasteiger partial charge on any atom is -0.363 e. The molecule has 1 rings (SSSR count). The Morgan fingerprint density at radius 2 is 1.75 bits per heavy atom. The second-order valence-corrected chi connectivity index (χ2v) is 4.59. The van der Waals surface area contributed by atoms with Gasteiger partial charge < -0.3 is 4.90 Å².